The van der Waals surface area contributed by atoms with E-state index in [0.717, 1.165) is 0 Å². The molecule has 0 aliphatic carbocycles. The Labute approximate surface area is 68.8 Å². The highest BCUT2D eigenvalue weighted by Crippen LogP contribution is 1.98. The van der Waals surface area contributed by atoms with Gasteiger partial charge in [-0.15, -0.1) is 0 Å². The first kappa shape index (κ1) is 7.82. The fraction of sp³-hybridized carbons (Fsp3) is 0.400. The molecule has 0 aromatic carbocycles. The van der Waals surface area contributed by atoms with Crippen molar-refractivity contribution < 1.29 is 0 Å². The molecule has 0 saturated heterocycles. The second-order valence-corrected chi connectivity index (χ2v) is 2.25. The van der Waals surface area contributed by atoms with E-state index in [1.807, 2.05) is 0 Å². The van der Waals surface area contributed by atoms with Crippen molar-refractivity contribution in [2.75, 3.05) is 0 Å². The van der Waals surface area contributed by atoms with E-state index < -0.39 is 0 Å². The molecule has 1 aliphatic rings. The van der Waals surface area contributed by atoms with E-state index in [0.29, 0.717) is 5.96 Å². The van der Waals surface area contributed by atoms with E-state index in [4.69, 9.17) is 16.9 Å². The quantitative estimate of drug-likeness (QED) is 0.305. The molecular formula is C5H6ClN5. The summed E-state index contributed by atoms with van der Waals surface area (Å²) >= 11 is 5.55. The molecule has 1 heterocycles. The monoisotopic (exact) mass is 171 g/mol. The van der Waals surface area contributed by atoms with Gasteiger partial charge in [0.1, 0.15) is 6.17 Å². The molecule has 0 spiro atoms. The molecular weight excluding hydrogens is 166 g/mol. The van der Waals surface area contributed by atoms with Crippen molar-refractivity contribution in [2.24, 2.45) is 9.98 Å². The van der Waals surface area contributed by atoms with Gasteiger partial charge in [0.05, 0.1) is 0 Å². The number of aliphatic imine (C=N–C) groups is 2. The van der Waals surface area contributed by atoms with E-state index in [2.05, 4.69) is 20.6 Å². The van der Waals surface area contributed by atoms with Crippen LogP contribution in [0.1, 0.15) is 6.92 Å². The standard InChI is InChI=1S/C5H6ClN5/c1-3-9-4(6)11-5(10-3)8-2-7/h3H,1H3,(H2,8,9,10,11). The molecule has 0 fully saturated rings. The molecule has 0 aromatic heterocycles. The second kappa shape index (κ2) is 3.21. The normalized spacial score (nSPS) is 22.5. The zero-order chi connectivity index (χ0) is 8.27. The summed E-state index contributed by atoms with van der Waals surface area (Å²) < 4.78 is 0. The van der Waals surface area contributed by atoms with Crippen molar-refractivity contribution in [2.45, 2.75) is 13.1 Å². The van der Waals surface area contributed by atoms with Crippen LogP contribution in [0.15, 0.2) is 9.98 Å². The van der Waals surface area contributed by atoms with Gasteiger partial charge >= 0.3 is 0 Å². The van der Waals surface area contributed by atoms with Crippen molar-refractivity contribution in [1.29, 1.82) is 5.26 Å². The first-order valence-corrected chi connectivity index (χ1v) is 3.33. The maximum Gasteiger partial charge on any atom is 0.213 e. The van der Waals surface area contributed by atoms with Crippen LogP contribution in [-0.2, 0) is 0 Å². The van der Waals surface area contributed by atoms with Crippen LogP contribution >= 0.6 is 11.6 Å². The molecule has 0 radical (unpaired) electrons. The van der Waals surface area contributed by atoms with Gasteiger partial charge in [-0.2, -0.15) is 5.26 Å². The van der Waals surface area contributed by atoms with E-state index in [9.17, 15) is 0 Å². The highest BCUT2D eigenvalue weighted by atomic mass is 35.5. The van der Waals surface area contributed by atoms with Crippen molar-refractivity contribution in [3.05, 3.63) is 0 Å². The van der Waals surface area contributed by atoms with Gasteiger partial charge in [0.15, 0.2) is 11.5 Å². The van der Waals surface area contributed by atoms with Gasteiger partial charge in [0, 0.05) is 0 Å². The third-order valence-corrected chi connectivity index (χ3v) is 1.20. The Morgan fingerprint density at radius 1 is 1.73 bits per heavy atom. The fourth-order valence-corrected chi connectivity index (χ4v) is 0.889. The molecule has 0 aromatic rings. The lowest BCUT2D eigenvalue weighted by Gasteiger charge is -2.13. The average Bonchev–Trinajstić information content (AvgIpc) is 1.85. The molecule has 11 heavy (non-hydrogen) atoms. The van der Waals surface area contributed by atoms with Crippen LogP contribution in [0.3, 0.4) is 0 Å². The minimum absolute atomic E-state index is 0.236. The molecule has 58 valence electrons. The summed E-state index contributed by atoms with van der Waals surface area (Å²) in [5, 5.41) is 13.4. The van der Waals surface area contributed by atoms with E-state index >= 15 is 0 Å². The van der Waals surface area contributed by atoms with Crippen molar-refractivity contribution in [3.8, 4) is 6.19 Å². The van der Waals surface area contributed by atoms with Crippen LogP contribution < -0.4 is 10.6 Å². The van der Waals surface area contributed by atoms with Gasteiger partial charge in [0.2, 0.25) is 5.96 Å². The Morgan fingerprint density at radius 3 is 3.00 bits per heavy atom. The summed E-state index contributed by atoms with van der Waals surface area (Å²) in [6, 6.07) is 0. The Morgan fingerprint density at radius 2 is 2.45 bits per heavy atom. The molecule has 1 rings (SSSR count). The lowest BCUT2D eigenvalue weighted by atomic mass is 10.6. The number of rotatable bonds is 0. The number of hydrogen-bond donors (Lipinski definition) is 2. The lowest BCUT2D eigenvalue weighted by molar-refractivity contribution is 0.766. The zero-order valence-electron chi connectivity index (χ0n) is 5.80. The number of halogens is 1. The van der Waals surface area contributed by atoms with E-state index in [1.165, 1.54) is 0 Å². The van der Waals surface area contributed by atoms with Crippen LogP contribution in [0.4, 0.5) is 0 Å². The Kier molecular flexibility index (Phi) is 2.28. The predicted octanol–water partition coefficient (Wildman–Crippen LogP) is -0.0429. The first-order valence-electron chi connectivity index (χ1n) is 2.95. The summed E-state index contributed by atoms with van der Waals surface area (Å²) in [5.41, 5.74) is 0. The van der Waals surface area contributed by atoms with E-state index in [-0.39, 0.29) is 11.5 Å². The van der Waals surface area contributed by atoms with Gasteiger partial charge in [0.25, 0.3) is 0 Å². The van der Waals surface area contributed by atoms with Gasteiger partial charge in [-0.1, -0.05) is 0 Å². The SMILES string of the molecule is CC1N=C(Cl)NC(NC#N)=N1. The average molecular weight is 172 g/mol. The van der Waals surface area contributed by atoms with Gasteiger partial charge < -0.3 is 5.32 Å². The third kappa shape index (κ3) is 2.09. The van der Waals surface area contributed by atoms with Gasteiger partial charge in [-0.3, -0.25) is 5.32 Å². The summed E-state index contributed by atoms with van der Waals surface area (Å²) in [7, 11) is 0. The number of nitrogens with zero attached hydrogens (tertiary/aromatic N) is 3. The fourth-order valence-electron chi connectivity index (χ4n) is 0.658. The van der Waals surface area contributed by atoms with Crippen molar-refractivity contribution in [1.82, 2.24) is 10.6 Å². The Hall–Kier alpha value is -1.28. The molecule has 1 unspecified atom stereocenters. The number of hydrogen-bond acceptors (Lipinski definition) is 5. The number of guanidine groups is 1. The van der Waals surface area contributed by atoms with Crippen LogP contribution in [0.25, 0.3) is 0 Å². The second-order valence-electron chi connectivity index (χ2n) is 1.89. The topological polar surface area (TPSA) is 72.6 Å². The number of nitriles is 1. The van der Waals surface area contributed by atoms with Crippen molar-refractivity contribution >= 4 is 22.9 Å². The zero-order valence-corrected chi connectivity index (χ0v) is 6.55. The molecule has 0 amide bonds. The minimum Gasteiger partial charge on any atom is -0.300 e. The Balaban J connectivity index is 2.65. The summed E-state index contributed by atoms with van der Waals surface area (Å²) in [4.78, 5) is 7.77. The Bertz CT molecular complexity index is 250. The number of amidine groups is 1. The van der Waals surface area contributed by atoms with E-state index in [1.54, 1.807) is 13.1 Å². The molecule has 0 saturated carbocycles. The van der Waals surface area contributed by atoms with Gasteiger partial charge in [-0.05, 0) is 18.5 Å². The molecule has 5 nitrogen and oxygen atoms in total. The minimum atomic E-state index is -0.236. The smallest absolute Gasteiger partial charge is 0.213 e. The summed E-state index contributed by atoms with van der Waals surface area (Å²) in [5.74, 6) is 0.333. The maximum absolute atomic E-state index is 8.23. The largest absolute Gasteiger partial charge is 0.300 e. The highest BCUT2D eigenvalue weighted by Gasteiger charge is 2.09. The number of nitrogens with one attached hydrogen (secondary N) is 2. The van der Waals surface area contributed by atoms with Crippen LogP contribution in [-0.4, -0.2) is 17.4 Å². The molecule has 2 N–H and O–H groups in total. The van der Waals surface area contributed by atoms with Crippen LogP contribution in [0.5, 0.6) is 0 Å². The summed E-state index contributed by atoms with van der Waals surface area (Å²) in [6.45, 7) is 1.77. The first-order chi connectivity index (χ1) is 5.22. The summed E-state index contributed by atoms with van der Waals surface area (Å²) in [6.07, 6.45) is 1.49. The molecule has 6 heteroatoms. The highest BCUT2D eigenvalue weighted by molar-refractivity contribution is 6.66. The van der Waals surface area contributed by atoms with Gasteiger partial charge in [-0.25, -0.2) is 9.98 Å². The molecule has 1 aliphatic heterocycles. The molecule has 0 bridgehead atoms. The predicted molar refractivity (Wildman–Crippen MR) is 42.1 cm³/mol. The van der Waals surface area contributed by atoms with Crippen LogP contribution in [0.2, 0.25) is 0 Å². The third-order valence-electron chi connectivity index (χ3n) is 1.01. The van der Waals surface area contributed by atoms with Crippen molar-refractivity contribution in [3.63, 3.8) is 0 Å². The lowest BCUT2D eigenvalue weighted by Crippen LogP contribution is -2.40. The maximum atomic E-state index is 8.23. The molecule has 1 atom stereocenters. The van der Waals surface area contributed by atoms with Crippen LogP contribution in [0, 0.1) is 11.5 Å².